The van der Waals surface area contributed by atoms with Crippen molar-refractivity contribution in [3.63, 3.8) is 0 Å². The molecule has 0 heterocycles. The Morgan fingerprint density at radius 1 is 0.933 bits per heavy atom. The molecule has 0 amide bonds. The molecule has 90 valence electrons. The van der Waals surface area contributed by atoms with Crippen LogP contribution in [0.2, 0.25) is 0 Å². The van der Waals surface area contributed by atoms with Gasteiger partial charge in [-0.3, -0.25) is 0 Å². The fourth-order valence-corrected chi connectivity index (χ4v) is 2.52. The van der Waals surface area contributed by atoms with Crippen molar-refractivity contribution in [3.05, 3.63) is 0 Å². The summed E-state index contributed by atoms with van der Waals surface area (Å²) in [6.45, 7) is 6.88. The summed E-state index contributed by atoms with van der Waals surface area (Å²) >= 11 is 0. The molecule has 1 nitrogen and oxygen atoms in total. The molecule has 0 aromatic heterocycles. The number of hydrogen-bond acceptors (Lipinski definition) is 1. The molecular weight excluding hydrogens is 184 g/mol. The van der Waals surface area contributed by atoms with Gasteiger partial charge in [-0.1, -0.05) is 46.5 Å². The van der Waals surface area contributed by atoms with Gasteiger partial charge >= 0.3 is 0 Å². The molecule has 0 aromatic rings. The van der Waals surface area contributed by atoms with Crippen LogP contribution in [0, 0.1) is 5.41 Å². The average molecular weight is 212 g/mol. The summed E-state index contributed by atoms with van der Waals surface area (Å²) in [5.74, 6) is 0. The lowest BCUT2D eigenvalue weighted by Crippen LogP contribution is -2.36. The third-order valence-electron chi connectivity index (χ3n) is 4.03. The van der Waals surface area contributed by atoms with Crippen molar-refractivity contribution in [1.82, 2.24) is 0 Å². The highest BCUT2D eigenvalue weighted by Crippen LogP contribution is 2.42. The second-order valence-corrected chi connectivity index (χ2v) is 6.20. The third kappa shape index (κ3) is 4.55. The molecule has 0 saturated heterocycles. The van der Waals surface area contributed by atoms with E-state index >= 15 is 0 Å². The molecule has 1 aliphatic rings. The summed E-state index contributed by atoms with van der Waals surface area (Å²) in [6.07, 6.45) is 10.6. The van der Waals surface area contributed by atoms with Crippen molar-refractivity contribution in [2.24, 2.45) is 5.41 Å². The Morgan fingerprint density at radius 3 is 2.07 bits per heavy atom. The van der Waals surface area contributed by atoms with Crippen LogP contribution in [0.4, 0.5) is 0 Å². The van der Waals surface area contributed by atoms with Crippen molar-refractivity contribution in [2.45, 2.75) is 84.2 Å². The average Bonchev–Trinajstić information content (AvgIpc) is 2.19. The van der Waals surface area contributed by atoms with Gasteiger partial charge in [-0.2, -0.15) is 0 Å². The molecule has 0 aliphatic heterocycles. The van der Waals surface area contributed by atoms with Gasteiger partial charge in [0.25, 0.3) is 0 Å². The molecule has 1 heteroatoms. The molecule has 1 N–H and O–H groups in total. The maximum atomic E-state index is 10.4. The number of unbranched alkanes of at least 4 members (excludes halogenated alkanes) is 3. The number of rotatable bonds is 5. The minimum atomic E-state index is -0.316. The number of aliphatic hydroxyl groups is 1. The van der Waals surface area contributed by atoms with Crippen molar-refractivity contribution < 1.29 is 5.11 Å². The summed E-state index contributed by atoms with van der Waals surface area (Å²) in [5, 5.41) is 10.4. The molecule has 1 fully saturated rings. The second kappa shape index (κ2) is 5.34. The number of hydrogen-bond donors (Lipinski definition) is 1. The maximum Gasteiger partial charge on any atom is 0.0648 e. The van der Waals surface area contributed by atoms with Crippen LogP contribution >= 0.6 is 0 Å². The standard InChI is InChI=1S/C14H28O/c1-4-5-6-7-8-14(15)11-9-13(2,3)10-12-14/h15H,4-12H2,1-3H3. The Kier molecular flexibility index (Phi) is 4.64. The first kappa shape index (κ1) is 13.0. The first-order chi connectivity index (χ1) is 6.97. The van der Waals surface area contributed by atoms with Gasteiger partial charge in [0.15, 0.2) is 0 Å². The maximum absolute atomic E-state index is 10.4. The van der Waals surface area contributed by atoms with E-state index in [1.54, 1.807) is 0 Å². The molecular formula is C14H28O. The van der Waals surface area contributed by atoms with Crippen molar-refractivity contribution in [3.8, 4) is 0 Å². The zero-order valence-electron chi connectivity index (χ0n) is 10.8. The molecule has 0 spiro atoms. The molecule has 1 aliphatic carbocycles. The van der Waals surface area contributed by atoms with E-state index in [4.69, 9.17) is 0 Å². The molecule has 0 unspecified atom stereocenters. The summed E-state index contributed by atoms with van der Waals surface area (Å²) in [5.41, 5.74) is 0.152. The van der Waals surface area contributed by atoms with E-state index < -0.39 is 0 Å². The topological polar surface area (TPSA) is 20.2 Å². The predicted octanol–water partition coefficient (Wildman–Crippen LogP) is 4.29. The molecule has 0 radical (unpaired) electrons. The van der Waals surface area contributed by atoms with Crippen LogP contribution in [0.3, 0.4) is 0 Å². The second-order valence-electron chi connectivity index (χ2n) is 6.20. The van der Waals surface area contributed by atoms with Gasteiger partial charge in [0.1, 0.15) is 0 Å². The zero-order chi connectivity index (χ0) is 11.4. The quantitative estimate of drug-likeness (QED) is 0.674. The van der Waals surface area contributed by atoms with Gasteiger partial charge < -0.3 is 5.11 Å². The first-order valence-electron chi connectivity index (χ1n) is 6.70. The Bertz CT molecular complexity index is 174. The Balaban J connectivity index is 2.23. The lowest BCUT2D eigenvalue weighted by atomic mass is 9.69. The van der Waals surface area contributed by atoms with Gasteiger partial charge in [-0.05, 0) is 37.5 Å². The minimum Gasteiger partial charge on any atom is -0.390 e. The Morgan fingerprint density at radius 2 is 1.53 bits per heavy atom. The summed E-state index contributed by atoms with van der Waals surface area (Å²) in [7, 11) is 0. The van der Waals surface area contributed by atoms with Gasteiger partial charge in [0.2, 0.25) is 0 Å². The summed E-state index contributed by atoms with van der Waals surface area (Å²) in [6, 6.07) is 0. The van der Waals surface area contributed by atoms with Crippen molar-refractivity contribution in [1.29, 1.82) is 0 Å². The van der Waals surface area contributed by atoms with Crippen LogP contribution in [-0.2, 0) is 0 Å². The smallest absolute Gasteiger partial charge is 0.0648 e. The Hall–Kier alpha value is -0.0400. The van der Waals surface area contributed by atoms with E-state index in [0.29, 0.717) is 5.41 Å². The first-order valence-corrected chi connectivity index (χ1v) is 6.70. The lowest BCUT2D eigenvalue weighted by molar-refractivity contribution is -0.0337. The summed E-state index contributed by atoms with van der Waals surface area (Å²) < 4.78 is 0. The lowest BCUT2D eigenvalue weighted by Gasteiger charge is -2.40. The highest BCUT2D eigenvalue weighted by Gasteiger charge is 2.35. The highest BCUT2D eigenvalue weighted by atomic mass is 16.3. The summed E-state index contributed by atoms with van der Waals surface area (Å²) in [4.78, 5) is 0. The highest BCUT2D eigenvalue weighted by molar-refractivity contribution is 4.88. The van der Waals surface area contributed by atoms with Gasteiger partial charge in [-0.25, -0.2) is 0 Å². The van der Waals surface area contributed by atoms with Crippen LogP contribution in [0.15, 0.2) is 0 Å². The van der Waals surface area contributed by atoms with Gasteiger partial charge in [0.05, 0.1) is 5.60 Å². The van der Waals surface area contributed by atoms with Crippen LogP contribution in [0.1, 0.15) is 78.6 Å². The molecule has 1 rings (SSSR count). The Labute approximate surface area is 95.3 Å². The van der Waals surface area contributed by atoms with E-state index in [1.165, 1.54) is 38.5 Å². The van der Waals surface area contributed by atoms with Crippen LogP contribution in [-0.4, -0.2) is 10.7 Å². The third-order valence-corrected chi connectivity index (χ3v) is 4.03. The van der Waals surface area contributed by atoms with E-state index in [9.17, 15) is 5.11 Å². The predicted molar refractivity (Wildman–Crippen MR) is 66.0 cm³/mol. The van der Waals surface area contributed by atoms with Gasteiger partial charge in [-0.15, -0.1) is 0 Å². The fourth-order valence-electron chi connectivity index (χ4n) is 2.52. The van der Waals surface area contributed by atoms with E-state index in [1.807, 2.05) is 0 Å². The molecule has 0 atom stereocenters. The SMILES string of the molecule is CCCCCCC1(O)CCC(C)(C)CC1. The fraction of sp³-hybridized carbons (Fsp3) is 1.00. The van der Waals surface area contributed by atoms with E-state index in [0.717, 1.165) is 19.3 Å². The monoisotopic (exact) mass is 212 g/mol. The van der Waals surface area contributed by atoms with Crippen LogP contribution in [0.25, 0.3) is 0 Å². The molecule has 15 heavy (non-hydrogen) atoms. The van der Waals surface area contributed by atoms with E-state index in [2.05, 4.69) is 20.8 Å². The van der Waals surface area contributed by atoms with Crippen molar-refractivity contribution >= 4 is 0 Å². The molecule has 0 bridgehead atoms. The van der Waals surface area contributed by atoms with Crippen LogP contribution < -0.4 is 0 Å². The van der Waals surface area contributed by atoms with Crippen molar-refractivity contribution in [2.75, 3.05) is 0 Å². The largest absolute Gasteiger partial charge is 0.390 e. The van der Waals surface area contributed by atoms with Crippen LogP contribution in [0.5, 0.6) is 0 Å². The normalized spacial score (nSPS) is 24.0. The molecule has 0 aromatic carbocycles. The molecule has 1 saturated carbocycles. The zero-order valence-corrected chi connectivity index (χ0v) is 10.8. The van der Waals surface area contributed by atoms with Gasteiger partial charge in [0, 0.05) is 0 Å². The minimum absolute atomic E-state index is 0.316. The van der Waals surface area contributed by atoms with E-state index in [-0.39, 0.29) is 5.60 Å².